The lowest BCUT2D eigenvalue weighted by Gasteiger charge is -2.38. The van der Waals surface area contributed by atoms with Gasteiger partial charge in [0.05, 0.1) is 0 Å². The third-order valence-electron chi connectivity index (χ3n) is 5.75. The average Bonchev–Trinajstić information content (AvgIpc) is 3.26. The second-order valence-corrected chi connectivity index (χ2v) is 9.04. The second-order valence-electron chi connectivity index (χ2n) is 8.01. The van der Waals surface area contributed by atoms with Gasteiger partial charge in [-0.15, -0.1) is 11.3 Å². The number of amides is 1. The molecule has 0 bridgehead atoms. The van der Waals surface area contributed by atoms with E-state index in [0.29, 0.717) is 0 Å². The Morgan fingerprint density at radius 2 is 1.77 bits per heavy atom. The molecular formula is C25H29N3OS. The summed E-state index contributed by atoms with van der Waals surface area (Å²) < 4.78 is 0. The average molecular weight is 420 g/mol. The van der Waals surface area contributed by atoms with Gasteiger partial charge in [-0.2, -0.15) is 0 Å². The van der Waals surface area contributed by atoms with Crippen LogP contribution in [0.25, 0.3) is 0 Å². The molecule has 2 aromatic carbocycles. The Morgan fingerprint density at radius 1 is 1.00 bits per heavy atom. The Balaban J connectivity index is 1.49. The number of carbonyl (C=O) groups is 1. The molecule has 0 radical (unpaired) electrons. The van der Waals surface area contributed by atoms with Crippen molar-refractivity contribution in [3.05, 3.63) is 87.6 Å². The summed E-state index contributed by atoms with van der Waals surface area (Å²) in [5.74, 6) is 0.0432. The predicted molar refractivity (Wildman–Crippen MR) is 125 cm³/mol. The smallest absolute Gasteiger partial charge is 0.246 e. The molecular weight excluding hydrogens is 390 g/mol. The zero-order chi connectivity index (χ0) is 20.9. The van der Waals surface area contributed by atoms with Crippen LogP contribution in [0, 0.1) is 13.8 Å². The van der Waals surface area contributed by atoms with Gasteiger partial charge in [0, 0.05) is 43.3 Å². The summed E-state index contributed by atoms with van der Waals surface area (Å²) in [5, 5.41) is 5.34. The van der Waals surface area contributed by atoms with E-state index in [2.05, 4.69) is 63.8 Å². The molecule has 1 saturated heterocycles. The minimum atomic E-state index is -0.282. The van der Waals surface area contributed by atoms with Crippen LogP contribution in [0.2, 0.25) is 0 Å². The highest BCUT2D eigenvalue weighted by molar-refractivity contribution is 7.09. The summed E-state index contributed by atoms with van der Waals surface area (Å²) in [6.45, 7) is 8.79. The number of carbonyl (C=O) groups excluding carboxylic acids is 1. The minimum absolute atomic E-state index is 0.0432. The zero-order valence-corrected chi connectivity index (χ0v) is 18.5. The van der Waals surface area contributed by atoms with E-state index in [4.69, 9.17) is 0 Å². The van der Waals surface area contributed by atoms with Gasteiger partial charge in [-0.3, -0.25) is 14.6 Å². The molecule has 156 valence electrons. The molecule has 4 nitrogen and oxygen atoms in total. The van der Waals surface area contributed by atoms with Crippen LogP contribution in [-0.2, 0) is 11.3 Å². The molecule has 1 aromatic heterocycles. The molecule has 0 spiro atoms. The number of rotatable bonds is 6. The third-order valence-corrected chi connectivity index (χ3v) is 6.61. The monoisotopic (exact) mass is 419 g/mol. The number of benzene rings is 2. The van der Waals surface area contributed by atoms with E-state index in [0.717, 1.165) is 55.1 Å². The van der Waals surface area contributed by atoms with Gasteiger partial charge >= 0.3 is 0 Å². The van der Waals surface area contributed by atoms with Gasteiger partial charge in [0.1, 0.15) is 6.04 Å². The van der Waals surface area contributed by atoms with Crippen LogP contribution in [-0.4, -0.2) is 41.9 Å². The zero-order valence-electron chi connectivity index (χ0n) is 17.7. The van der Waals surface area contributed by atoms with Crippen molar-refractivity contribution in [1.29, 1.82) is 0 Å². The topological polar surface area (TPSA) is 35.6 Å². The van der Waals surface area contributed by atoms with Crippen molar-refractivity contribution in [2.75, 3.05) is 31.5 Å². The van der Waals surface area contributed by atoms with E-state index in [1.807, 2.05) is 42.5 Å². The number of anilines is 1. The SMILES string of the molecule is Cc1ccc(C)c(NC(=O)[C@@H](c2ccccc2)N2CCN(Cc3cccs3)CC2)c1. The van der Waals surface area contributed by atoms with Crippen molar-refractivity contribution in [3.8, 4) is 0 Å². The number of aryl methyl sites for hydroxylation is 2. The van der Waals surface area contributed by atoms with Gasteiger partial charge in [-0.05, 0) is 48.1 Å². The molecule has 1 aliphatic rings. The fourth-order valence-corrected chi connectivity index (χ4v) is 4.78. The van der Waals surface area contributed by atoms with Crippen LogP contribution in [0.15, 0.2) is 66.0 Å². The molecule has 3 aromatic rings. The first-order chi connectivity index (χ1) is 14.6. The van der Waals surface area contributed by atoms with Crippen LogP contribution >= 0.6 is 11.3 Å². The Morgan fingerprint density at radius 3 is 2.47 bits per heavy atom. The van der Waals surface area contributed by atoms with Gasteiger partial charge in [0.2, 0.25) is 5.91 Å². The molecule has 1 fully saturated rings. The quantitative estimate of drug-likeness (QED) is 0.620. The number of hydrogen-bond donors (Lipinski definition) is 1. The lowest BCUT2D eigenvalue weighted by Crippen LogP contribution is -2.49. The van der Waals surface area contributed by atoms with Crippen LogP contribution in [0.4, 0.5) is 5.69 Å². The molecule has 1 N–H and O–H groups in total. The number of hydrogen-bond acceptors (Lipinski definition) is 4. The van der Waals surface area contributed by atoms with E-state index in [1.54, 1.807) is 0 Å². The molecule has 0 aliphatic carbocycles. The Labute approximate surface area is 183 Å². The summed E-state index contributed by atoms with van der Waals surface area (Å²) in [7, 11) is 0. The first kappa shape index (κ1) is 20.8. The van der Waals surface area contributed by atoms with Crippen molar-refractivity contribution >= 4 is 22.9 Å². The normalized spacial score (nSPS) is 16.3. The highest BCUT2D eigenvalue weighted by Crippen LogP contribution is 2.26. The predicted octanol–water partition coefficient (Wildman–Crippen LogP) is 4.86. The molecule has 30 heavy (non-hydrogen) atoms. The molecule has 5 heteroatoms. The standard InChI is InChI=1S/C25H29N3OS/c1-19-10-11-20(2)23(17-19)26-25(29)24(21-7-4-3-5-8-21)28-14-12-27(13-15-28)18-22-9-6-16-30-22/h3-11,16-17,24H,12-15,18H2,1-2H3,(H,26,29)/t24-/m1/s1. The van der Waals surface area contributed by atoms with Crippen molar-refractivity contribution in [2.24, 2.45) is 0 Å². The summed E-state index contributed by atoms with van der Waals surface area (Å²) in [6, 6.07) is 20.4. The van der Waals surface area contributed by atoms with Crippen LogP contribution in [0.1, 0.15) is 27.6 Å². The fraction of sp³-hybridized carbons (Fsp3) is 0.320. The van der Waals surface area contributed by atoms with Gasteiger partial charge in [0.25, 0.3) is 0 Å². The molecule has 4 rings (SSSR count). The molecule has 0 unspecified atom stereocenters. The van der Waals surface area contributed by atoms with Crippen LogP contribution in [0.3, 0.4) is 0 Å². The van der Waals surface area contributed by atoms with Gasteiger partial charge < -0.3 is 5.32 Å². The van der Waals surface area contributed by atoms with E-state index >= 15 is 0 Å². The van der Waals surface area contributed by atoms with Crippen molar-refractivity contribution in [3.63, 3.8) is 0 Å². The maximum atomic E-state index is 13.4. The number of piperazine rings is 1. The lowest BCUT2D eigenvalue weighted by atomic mass is 10.0. The summed E-state index contributed by atoms with van der Waals surface area (Å²) in [5.41, 5.74) is 4.18. The molecule has 1 atom stereocenters. The lowest BCUT2D eigenvalue weighted by molar-refractivity contribution is -0.122. The largest absolute Gasteiger partial charge is 0.324 e. The van der Waals surface area contributed by atoms with Crippen molar-refractivity contribution in [2.45, 2.75) is 26.4 Å². The first-order valence-corrected chi connectivity index (χ1v) is 11.4. The highest BCUT2D eigenvalue weighted by Gasteiger charge is 2.30. The Kier molecular flexibility index (Phi) is 6.62. The maximum Gasteiger partial charge on any atom is 0.246 e. The maximum absolute atomic E-state index is 13.4. The highest BCUT2D eigenvalue weighted by atomic mass is 32.1. The number of nitrogens with zero attached hydrogens (tertiary/aromatic N) is 2. The summed E-state index contributed by atoms with van der Waals surface area (Å²) in [6.07, 6.45) is 0. The summed E-state index contributed by atoms with van der Waals surface area (Å²) >= 11 is 1.81. The van der Waals surface area contributed by atoms with E-state index < -0.39 is 0 Å². The van der Waals surface area contributed by atoms with E-state index in [1.165, 1.54) is 4.88 Å². The van der Waals surface area contributed by atoms with Gasteiger partial charge in [-0.25, -0.2) is 0 Å². The van der Waals surface area contributed by atoms with Crippen LogP contribution < -0.4 is 5.32 Å². The fourth-order valence-electron chi connectivity index (χ4n) is 4.04. The molecule has 0 saturated carbocycles. The summed E-state index contributed by atoms with van der Waals surface area (Å²) in [4.78, 5) is 19.6. The molecule has 2 heterocycles. The second kappa shape index (κ2) is 9.56. The van der Waals surface area contributed by atoms with E-state index in [9.17, 15) is 4.79 Å². The molecule has 1 amide bonds. The minimum Gasteiger partial charge on any atom is -0.324 e. The Hall–Kier alpha value is -2.47. The number of thiophene rings is 1. The molecule has 1 aliphatic heterocycles. The number of nitrogens with one attached hydrogen (secondary N) is 1. The van der Waals surface area contributed by atoms with Crippen molar-refractivity contribution < 1.29 is 4.79 Å². The van der Waals surface area contributed by atoms with E-state index in [-0.39, 0.29) is 11.9 Å². The van der Waals surface area contributed by atoms with Gasteiger partial charge in [-0.1, -0.05) is 48.5 Å². The van der Waals surface area contributed by atoms with Crippen LogP contribution in [0.5, 0.6) is 0 Å². The van der Waals surface area contributed by atoms with Crippen molar-refractivity contribution in [1.82, 2.24) is 9.80 Å². The van der Waals surface area contributed by atoms with Gasteiger partial charge in [0.15, 0.2) is 0 Å². The third kappa shape index (κ3) is 4.98. The Bertz CT molecular complexity index is 963. The first-order valence-electron chi connectivity index (χ1n) is 10.5.